The molecule has 1 unspecified atom stereocenters. The number of aromatic nitrogens is 2. The molecule has 3 nitrogen and oxygen atoms in total. The lowest BCUT2D eigenvalue weighted by Crippen LogP contribution is -2.07. The van der Waals surface area contributed by atoms with Crippen LogP contribution in [-0.2, 0) is 0 Å². The Morgan fingerprint density at radius 2 is 1.76 bits per heavy atom. The van der Waals surface area contributed by atoms with Crippen molar-refractivity contribution in [2.24, 2.45) is 0 Å². The van der Waals surface area contributed by atoms with Gasteiger partial charge in [-0.15, -0.1) is 0 Å². The maximum Gasteiger partial charge on any atom is 0.161 e. The van der Waals surface area contributed by atoms with Crippen molar-refractivity contribution in [3.05, 3.63) is 58.9 Å². The highest BCUT2D eigenvalue weighted by molar-refractivity contribution is 5.29. The minimum Gasteiger partial charge on any atom is -0.380 e. The van der Waals surface area contributed by atoms with Gasteiger partial charge in [0.05, 0.1) is 0 Å². The second kappa shape index (κ2) is 4.59. The Morgan fingerprint density at radius 3 is 2.41 bits per heavy atom. The molecular formula is C13H13FN2O. The normalized spacial score (nSPS) is 12.5. The smallest absolute Gasteiger partial charge is 0.161 e. The summed E-state index contributed by atoms with van der Waals surface area (Å²) in [4.78, 5) is 8.00. The molecule has 0 fully saturated rings. The van der Waals surface area contributed by atoms with Gasteiger partial charge in [0.2, 0.25) is 0 Å². The van der Waals surface area contributed by atoms with Gasteiger partial charge in [-0.1, -0.05) is 17.7 Å². The van der Waals surface area contributed by atoms with Crippen molar-refractivity contribution in [3.63, 3.8) is 0 Å². The lowest BCUT2D eigenvalue weighted by Gasteiger charge is -2.11. The summed E-state index contributed by atoms with van der Waals surface area (Å²) in [7, 11) is 0. The van der Waals surface area contributed by atoms with Gasteiger partial charge in [0.25, 0.3) is 0 Å². The fraction of sp³-hybridized carbons (Fsp3) is 0.231. The quantitative estimate of drug-likeness (QED) is 0.864. The van der Waals surface area contributed by atoms with Gasteiger partial charge in [-0.25, -0.2) is 14.4 Å². The molecule has 1 aromatic carbocycles. The van der Waals surface area contributed by atoms with Crippen molar-refractivity contribution in [2.75, 3.05) is 0 Å². The molecule has 1 aromatic heterocycles. The van der Waals surface area contributed by atoms with Crippen molar-refractivity contribution >= 4 is 0 Å². The van der Waals surface area contributed by atoms with E-state index in [2.05, 4.69) is 9.97 Å². The molecule has 2 rings (SSSR count). The maximum atomic E-state index is 13.6. The van der Waals surface area contributed by atoms with Crippen molar-refractivity contribution < 1.29 is 9.50 Å². The second-order valence-electron chi connectivity index (χ2n) is 4.05. The fourth-order valence-corrected chi connectivity index (χ4v) is 1.56. The zero-order valence-electron chi connectivity index (χ0n) is 9.68. The molecule has 1 atom stereocenters. The summed E-state index contributed by atoms with van der Waals surface area (Å²) in [5.41, 5.74) is 1.98. The molecule has 0 amide bonds. The van der Waals surface area contributed by atoms with Crippen molar-refractivity contribution in [2.45, 2.75) is 20.0 Å². The van der Waals surface area contributed by atoms with Crippen LogP contribution < -0.4 is 0 Å². The average molecular weight is 232 g/mol. The molecule has 0 saturated heterocycles. The minimum atomic E-state index is -1.13. The number of hydrogen-bond donors (Lipinski definition) is 1. The van der Waals surface area contributed by atoms with Crippen LogP contribution in [0.5, 0.6) is 0 Å². The van der Waals surface area contributed by atoms with Crippen LogP contribution in [0.15, 0.2) is 30.6 Å². The van der Waals surface area contributed by atoms with E-state index >= 15 is 0 Å². The largest absolute Gasteiger partial charge is 0.380 e. The van der Waals surface area contributed by atoms with E-state index in [0.29, 0.717) is 0 Å². The van der Waals surface area contributed by atoms with Crippen LogP contribution in [0.25, 0.3) is 0 Å². The second-order valence-corrected chi connectivity index (χ2v) is 4.05. The average Bonchev–Trinajstić information content (AvgIpc) is 2.32. The van der Waals surface area contributed by atoms with E-state index in [1.54, 1.807) is 24.5 Å². The summed E-state index contributed by atoms with van der Waals surface area (Å²) in [6, 6.07) is 4.59. The maximum absolute atomic E-state index is 13.6. The van der Waals surface area contributed by atoms with Gasteiger partial charge in [0.1, 0.15) is 11.9 Å². The summed E-state index contributed by atoms with van der Waals surface area (Å²) < 4.78 is 13.6. The number of hydrogen-bond acceptors (Lipinski definition) is 3. The molecule has 1 heterocycles. The first-order valence-corrected chi connectivity index (χ1v) is 5.30. The Morgan fingerprint density at radius 1 is 1.12 bits per heavy atom. The molecule has 0 radical (unpaired) electrons. The van der Waals surface area contributed by atoms with Crippen molar-refractivity contribution in [1.29, 1.82) is 0 Å². The summed E-state index contributed by atoms with van der Waals surface area (Å²) in [5, 5.41) is 10.0. The summed E-state index contributed by atoms with van der Waals surface area (Å²) in [5.74, 6) is -0.243. The summed E-state index contributed by atoms with van der Waals surface area (Å²) in [6.07, 6.45) is 2.06. The SMILES string of the molecule is Cc1cnc(C(O)c2cc(C)ccc2F)nc1. The number of aliphatic hydroxyl groups excluding tert-OH is 1. The van der Waals surface area contributed by atoms with Gasteiger partial charge in [-0.05, 0) is 25.5 Å². The number of rotatable bonds is 2. The van der Waals surface area contributed by atoms with E-state index in [1.165, 1.54) is 6.07 Å². The highest BCUT2D eigenvalue weighted by atomic mass is 19.1. The molecule has 4 heteroatoms. The molecule has 17 heavy (non-hydrogen) atoms. The number of halogens is 1. The van der Waals surface area contributed by atoms with Gasteiger partial charge in [0, 0.05) is 18.0 Å². The monoisotopic (exact) mass is 232 g/mol. The predicted molar refractivity (Wildman–Crippen MR) is 62.0 cm³/mol. The third-order valence-corrected chi connectivity index (χ3v) is 2.49. The van der Waals surface area contributed by atoms with Gasteiger partial charge < -0.3 is 5.11 Å². The van der Waals surface area contributed by atoms with E-state index < -0.39 is 11.9 Å². The van der Waals surface area contributed by atoms with Crippen LogP contribution >= 0.6 is 0 Å². The van der Waals surface area contributed by atoms with Crippen LogP contribution in [0.1, 0.15) is 28.6 Å². The van der Waals surface area contributed by atoms with Crippen LogP contribution in [0, 0.1) is 19.7 Å². The Bertz CT molecular complexity index is 525. The predicted octanol–water partition coefficient (Wildman–Crippen LogP) is 2.31. The zero-order valence-corrected chi connectivity index (χ0v) is 9.68. The molecule has 1 N–H and O–H groups in total. The number of benzene rings is 1. The fourth-order valence-electron chi connectivity index (χ4n) is 1.56. The first-order chi connectivity index (χ1) is 8.08. The summed E-state index contributed by atoms with van der Waals surface area (Å²) in [6.45, 7) is 3.69. The molecule has 88 valence electrons. The van der Waals surface area contributed by atoms with Crippen LogP contribution in [0.3, 0.4) is 0 Å². The van der Waals surface area contributed by atoms with E-state index in [0.717, 1.165) is 11.1 Å². The summed E-state index contributed by atoms with van der Waals surface area (Å²) >= 11 is 0. The first kappa shape index (κ1) is 11.7. The van der Waals surface area contributed by atoms with Gasteiger partial charge in [-0.2, -0.15) is 0 Å². The molecule has 0 aliphatic rings. The van der Waals surface area contributed by atoms with Gasteiger partial charge >= 0.3 is 0 Å². The van der Waals surface area contributed by atoms with Gasteiger partial charge in [0.15, 0.2) is 5.82 Å². The van der Waals surface area contributed by atoms with E-state index in [1.807, 2.05) is 13.8 Å². The number of aryl methyl sites for hydroxylation is 2. The molecule has 0 spiro atoms. The van der Waals surface area contributed by atoms with Crippen LogP contribution in [-0.4, -0.2) is 15.1 Å². The van der Waals surface area contributed by atoms with E-state index in [-0.39, 0.29) is 11.4 Å². The highest BCUT2D eigenvalue weighted by Gasteiger charge is 2.17. The first-order valence-electron chi connectivity index (χ1n) is 5.30. The minimum absolute atomic E-state index is 0.203. The van der Waals surface area contributed by atoms with Crippen LogP contribution in [0.2, 0.25) is 0 Å². The lowest BCUT2D eigenvalue weighted by atomic mass is 10.1. The topological polar surface area (TPSA) is 46.0 Å². The third kappa shape index (κ3) is 2.47. The van der Waals surface area contributed by atoms with Crippen LogP contribution in [0.4, 0.5) is 4.39 Å². The standard InChI is InChI=1S/C13H13FN2O/c1-8-3-4-11(14)10(5-8)12(17)13-15-6-9(2)7-16-13/h3-7,12,17H,1-2H3. The van der Waals surface area contributed by atoms with Crippen molar-refractivity contribution in [1.82, 2.24) is 9.97 Å². The third-order valence-electron chi connectivity index (χ3n) is 2.49. The number of aliphatic hydroxyl groups is 1. The molecule has 2 aromatic rings. The Balaban J connectivity index is 2.39. The Labute approximate surface area is 99.0 Å². The van der Waals surface area contributed by atoms with Gasteiger partial charge in [-0.3, -0.25) is 0 Å². The lowest BCUT2D eigenvalue weighted by molar-refractivity contribution is 0.204. The molecular weight excluding hydrogens is 219 g/mol. The molecule has 0 bridgehead atoms. The molecule has 0 aliphatic heterocycles. The Kier molecular flexibility index (Phi) is 3.15. The molecule has 0 aliphatic carbocycles. The van der Waals surface area contributed by atoms with E-state index in [4.69, 9.17) is 0 Å². The van der Waals surface area contributed by atoms with Crippen molar-refractivity contribution in [3.8, 4) is 0 Å². The van der Waals surface area contributed by atoms with E-state index in [9.17, 15) is 9.50 Å². The number of nitrogens with zero attached hydrogens (tertiary/aromatic N) is 2. The Hall–Kier alpha value is -1.81. The zero-order chi connectivity index (χ0) is 12.4. The molecule has 0 saturated carbocycles. The highest BCUT2D eigenvalue weighted by Crippen LogP contribution is 2.22.